The Hall–Kier alpha value is -3.59. The van der Waals surface area contributed by atoms with Crippen LogP contribution in [0, 0.1) is 0 Å². The number of benzene rings is 2. The highest BCUT2D eigenvalue weighted by Crippen LogP contribution is 2.32. The van der Waals surface area contributed by atoms with Crippen molar-refractivity contribution in [3.05, 3.63) is 58.4 Å². The van der Waals surface area contributed by atoms with Crippen LogP contribution in [0.3, 0.4) is 0 Å². The highest BCUT2D eigenvalue weighted by atomic mass is 35.5. The second-order valence-electron chi connectivity index (χ2n) is 7.36. The van der Waals surface area contributed by atoms with Crippen LogP contribution in [0.15, 0.2) is 36.4 Å². The van der Waals surface area contributed by atoms with Crippen molar-refractivity contribution in [3.63, 3.8) is 0 Å². The number of nitrogens with one attached hydrogen (secondary N) is 3. The molecular formula is C21H20ClN5O4. The van der Waals surface area contributed by atoms with Gasteiger partial charge in [0.25, 0.3) is 5.91 Å². The topological polar surface area (TPSA) is 127 Å². The summed E-state index contributed by atoms with van der Waals surface area (Å²) in [5.74, 6) is -1.17. The van der Waals surface area contributed by atoms with Crippen molar-refractivity contribution >= 4 is 46.1 Å². The van der Waals surface area contributed by atoms with E-state index < -0.39 is 12.0 Å². The minimum Gasteiger partial charge on any atom is -0.481 e. The van der Waals surface area contributed by atoms with Crippen LogP contribution in [0.1, 0.15) is 28.2 Å². The van der Waals surface area contributed by atoms with Crippen LogP contribution in [0.25, 0.3) is 11.0 Å². The number of para-hydroxylation sites is 2. The highest BCUT2D eigenvalue weighted by molar-refractivity contribution is 6.34. The first kappa shape index (κ1) is 20.7. The Labute approximate surface area is 182 Å². The number of carbonyl (C=O) groups excluding carboxylic acids is 2. The number of rotatable bonds is 5. The van der Waals surface area contributed by atoms with E-state index in [0.29, 0.717) is 22.6 Å². The van der Waals surface area contributed by atoms with E-state index in [0.717, 1.165) is 11.0 Å². The molecular weight excluding hydrogens is 422 g/mol. The Balaban J connectivity index is 1.54. The zero-order valence-corrected chi connectivity index (χ0v) is 17.4. The van der Waals surface area contributed by atoms with Gasteiger partial charge in [-0.2, -0.15) is 0 Å². The molecule has 9 nitrogen and oxygen atoms in total. The van der Waals surface area contributed by atoms with Crippen LogP contribution < -0.4 is 10.6 Å². The maximum absolute atomic E-state index is 12.7. The number of aliphatic carboxylic acids is 1. The lowest BCUT2D eigenvalue weighted by Crippen LogP contribution is -2.39. The van der Waals surface area contributed by atoms with Crippen molar-refractivity contribution in [3.8, 4) is 0 Å². The SMILES string of the molecule is CN1Cc2cc(C(=O)NCc3nc4ccccc4[nH]3)cc(Cl)c2NC(CC(=O)O)C1=O. The molecule has 1 aromatic heterocycles. The maximum atomic E-state index is 12.7. The predicted molar refractivity (Wildman–Crippen MR) is 115 cm³/mol. The first-order valence-corrected chi connectivity index (χ1v) is 9.97. The normalized spacial score (nSPS) is 15.9. The number of halogens is 1. The molecule has 31 heavy (non-hydrogen) atoms. The lowest BCUT2D eigenvalue weighted by molar-refractivity contribution is -0.141. The Morgan fingerprint density at radius 3 is 2.84 bits per heavy atom. The number of hydrogen-bond donors (Lipinski definition) is 4. The second kappa shape index (κ2) is 8.27. The van der Waals surface area contributed by atoms with E-state index in [9.17, 15) is 14.4 Å². The molecule has 1 unspecified atom stereocenters. The summed E-state index contributed by atoms with van der Waals surface area (Å²) in [6, 6.07) is 9.78. The lowest BCUT2D eigenvalue weighted by atomic mass is 10.1. The molecule has 0 radical (unpaired) electrons. The summed E-state index contributed by atoms with van der Waals surface area (Å²) in [7, 11) is 1.58. The number of amides is 2. The molecule has 4 rings (SSSR count). The zero-order chi connectivity index (χ0) is 22.1. The van der Waals surface area contributed by atoms with Crippen molar-refractivity contribution < 1.29 is 19.5 Å². The van der Waals surface area contributed by atoms with Gasteiger partial charge < -0.3 is 25.6 Å². The van der Waals surface area contributed by atoms with E-state index in [1.165, 1.54) is 11.0 Å². The van der Waals surface area contributed by atoms with Crippen molar-refractivity contribution in [2.24, 2.45) is 0 Å². The minimum absolute atomic E-state index is 0.196. The third-order valence-electron chi connectivity index (χ3n) is 5.07. The van der Waals surface area contributed by atoms with Gasteiger partial charge in [0.05, 0.1) is 34.7 Å². The fraction of sp³-hybridized carbons (Fsp3) is 0.238. The van der Waals surface area contributed by atoms with Gasteiger partial charge in [-0.3, -0.25) is 14.4 Å². The van der Waals surface area contributed by atoms with E-state index in [4.69, 9.17) is 16.7 Å². The van der Waals surface area contributed by atoms with Gasteiger partial charge in [0.15, 0.2) is 0 Å². The molecule has 0 fully saturated rings. The van der Waals surface area contributed by atoms with E-state index in [-0.39, 0.29) is 36.3 Å². The Bertz CT molecular complexity index is 1160. The van der Waals surface area contributed by atoms with Crippen molar-refractivity contribution in [2.75, 3.05) is 12.4 Å². The van der Waals surface area contributed by atoms with E-state index in [2.05, 4.69) is 20.6 Å². The molecule has 1 atom stereocenters. The number of hydrogen-bond acceptors (Lipinski definition) is 5. The van der Waals surface area contributed by atoms with Crippen molar-refractivity contribution in [1.82, 2.24) is 20.2 Å². The molecule has 3 aromatic rings. The predicted octanol–water partition coefficient (Wildman–Crippen LogP) is 2.37. The first-order valence-electron chi connectivity index (χ1n) is 9.59. The molecule has 1 aliphatic heterocycles. The third kappa shape index (κ3) is 4.31. The molecule has 2 heterocycles. The van der Waals surface area contributed by atoms with Gasteiger partial charge in [-0.1, -0.05) is 23.7 Å². The molecule has 0 aliphatic carbocycles. The summed E-state index contributed by atoms with van der Waals surface area (Å²) in [5.41, 5.74) is 3.12. The van der Waals surface area contributed by atoms with Crippen molar-refractivity contribution in [2.45, 2.75) is 25.6 Å². The number of aromatic amines is 1. The Kier molecular flexibility index (Phi) is 5.51. The average Bonchev–Trinajstić information content (AvgIpc) is 3.10. The van der Waals surface area contributed by atoms with Crippen LogP contribution in [-0.4, -0.2) is 50.8 Å². The number of fused-ring (bicyclic) bond motifs is 2. The van der Waals surface area contributed by atoms with Gasteiger partial charge in [-0.25, -0.2) is 4.98 Å². The van der Waals surface area contributed by atoms with Crippen LogP contribution in [0.2, 0.25) is 5.02 Å². The number of aromatic nitrogens is 2. The fourth-order valence-corrected chi connectivity index (χ4v) is 3.88. The minimum atomic E-state index is -1.10. The number of nitrogens with zero attached hydrogens (tertiary/aromatic N) is 2. The van der Waals surface area contributed by atoms with Crippen LogP contribution in [0.5, 0.6) is 0 Å². The molecule has 0 bridgehead atoms. The van der Waals surface area contributed by atoms with Gasteiger partial charge >= 0.3 is 5.97 Å². The number of anilines is 1. The number of imidazole rings is 1. The fourth-order valence-electron chi connectivity index (χ4n) is 3.58. The van der Waals surface area contributed by atoms with Gasteiger partial charge in [0, 0.05) is 19.2 Å². The van der Waals surface area contributed by atoms with Gasteiger partial charge in [0.2, 0.25) is 5.91 Å². The van der Waals surface area contributed by atoms with Crippen LogP contribution >= 0.6 is 11.6 Å². The standard InChI is InChI=1S/C21H20ClN5O4/c1-27-10-12-6-11(7-13(22)19(12)26-16(21(27)31)8-18(28)29)20(30)23-9-17-24-14-4-2-3-5-15(14)25-17/h2-7,16,26H,8-10H2,1H3,(H,23,30)(H,24,25)(H,28,29). The van der Waals surface area contributed by atoms with E-state index in [1.807, 2.05) is 24.3 Å². The largest absolute Gasteiger partial charge is 0.481 e. The second-order valence-corrected chi connectivity index (χ2v) is 7.77. The molecule has 0 saturated carbocycles. The third-order valence-corrected chi connectivity index (χ3v) is 5.37. The number of likely N-dealkylation sites (N-methyl/N-ethyl adjacent to an activating group) is 1. The monoisotopic (exact) mass is 441 g/mol. The van der Waals surface area contributed by atoms with Crippen LogP contribution in [0.4, 0.5) is 5.69 Å². The van der Waals surface area contributed by atoms with Gasteiger partial charge in [-0.15, -0.1) is 0 Å². The summed E-state index contributed by atoms with van der Waals surface area (Å²) >= 11 is 6.39. The van der Waals surface area contributed by atoms with Gasteiger partial charge in [0.1, 0.15) is 11.9 Å². The maximum Gasteiger partial charge on any atom is 0.305 e. The number of carboxylic acids is 1. The average molecular weight is 442 g/mol. The Morgan fingerprint density at radius 1 is 1.32 bits per heavy atom. The smallest absolute Gasteiger partial charge is 0.305 e. The number of carboxylic acid groups (broad SMARTS) is 1. The molecule has 1 aliphatic rings. The summed E-state index contributed by atoms with van der Waals surface area (Å²) in [4.78, 5) is 45.3. The summed E-state index contributed by atoms with van der Waals surface area (Å²) in [5, 5.41) is 15.1. The number of carbonyl (C=O) groups is 3. The molecule has 0 saturated heterocycles. The molecule has 2 amide bonds. The zero-order valence-electron chi connectivity index (χ0n) is 16.6. The first-order chi connectivity index (χ1) is 14.8. The number of H-pyrrole nitrogens is 1. The summed E-state index contributed by atoms with van der Waals surface area (Å²) in [6.07, 6.45) is -0.376. The van der Waals surface area contributed by atoms with E-state index >= 15 is 0 Å². The molecule has 160 valence electrons. The summed E-state index contributed by atoms with van der Waals surface area (Å²) < 4.78 is 0. The lowest BCUT2D eigenvalue weighted by Gasteiger charge is -2.19. The van der Waals surface area contributed by atoms with Crippen LogP contribution in [-0.2, 0) is 22.7 Å². The highest BCUT2D eigenvalue weighted by Gasteiger charge is 2.30. The van der Waals surface area contributed by atoms with Crippen molar-refractivity contribution in [1.29, 1.82) is 0 Å². The van der Waals surface area contributed by atoms with E-state index in [1.54, 1.807) is 13.1 Å². The Morgan fingerprint density at radius 2 is 2.10 bits per heavy atom. The van der Waals surface area contributed by atoms with Gasteiger partial charge in [-0.05, 0) is 29.8 Å². The molecule has 4 N–H and O–H groups in total. The quantitative estimate of drug-likeness (QED) is 0.481. The summed E-state index contributed by atoms with van der Waals surface area (Å²) in [6.45, 7) is 0.404. The molecule has 2 aromatic carbocycles. The molecule has 0 spiro atoms. The molecule has 10 heteroatoms.